The molecule has 0 unspecified atom stereocenters. The highest BCUT2D eigenvalue weighted by Gasteiger charge is 2.27. The highest BCUT2D eigenvalue weighted by molar-refractivity contribution is 6.30. The number of anilines is 1. The Balaban J connectivity index is 2.14. The third kappa shape index (κ3) is 3.61. The largest absolute Gasteiger partial charge is 0.384 e. The normalized spacial score (nSPS) is 10.5. The lowest BCUT2D eigenvalue weighted by Crippen LogP contribution is -2.30. The molecule has 0 bridgehead atoms. The first-order chi connectivity index (χ1) is 15.0. The number of halogens is 1. The summed E-state index contributed by atoms with van der Waals surface area (Å²) in [5.41, 5.74) is 7.14. The molecule has 2 N–H and O–H groups in total. The number of ketones is 1. The van der Waals surface area contributed by atoms with Gasteiger partial charge in [0, 0.05) is 16.1 Å². The van der Waals surface area contributed by atoms with Crippen molar-refractivity contribution in [1.82, 2.24) is 4.57 Å². The SMILES string of the molecule is N#Cc1c(-c2ccc(Cl)cc2)c(C(=O)c2ccccc2)c(=O)n(-c2ccccc2)c1N. The lowest BCUT2D eigenvalue weighted by Gasteiger charge is -2.18. The number of pyridine rings is 1. The van der Waals surface area contributed by atoms with Crippen LogP contribution in [0.4, 0.5) is 5.82 Å². The number of carbonyl (C=O) groups excluding carboxylic acids is 1. The molecule has 31 heavy (non-hydrogen) atoms. The van der Waals surface area contributed by atoms with Crippen molar-refractivity contribution >= 4 is 23.2 Å². The molecule has 1 heterocycles. The van der Waals surface area contributed by atoms with Crippen LogP contribution in [0.25, 0.3) is 16.8 Å². The Morgan fingerprint density at radius 2 is 1.48 bits per heavy atom. The molecule has 5 nitrogen and oxygen atoms in total. The fourth-order valence-corrected chi connectivity index (χ4v) is 3.62. The van der Waals surface area contributed by atoms with Crippen molar-refractivity contribution in [2.75, 3.05) is 5.73 Å². The molecule has 0 spiro atoms. The monoisotopic (exact) mass is 425 g/mol. The maximum atomic E-state index is 13.7. The summed E-state index contributed by atoms with van der Waals surface area (Å²) in [6, 6.07) is 25.8. The van der Waals surface area contributed by atoms with Gasteiger partial charge in [-0.25, -0.2) is 0 Å². The van der Waals surface area contributed by atoms with E-state index >= 15 is 0 Å². The Morgan fingerprint density at radius 3 is 2.06 bits per heavy atom. The number of nitriles is 1. The first-order valence-corrected chi connectivity index (χ1v) is 9.80. The molecule has 0 radical (unpaired) electrons. The Labute approximate surface area is 183 Å². The third-order valence-corrected chi connectivity index (χ3v) is 5.19. The second-order valence-corrected chi connectivity index (χ2v) is 7.24. The zero-order valence-corrected chi connectivity index (χ0v) is 17.0. The minimum absolute atomic E-state index is 0.0340. The van der Waals surface area contributed by atoms with E-state index in [1.54, 1.807) is 84.9 Å². The molecule has 6 heteroatoms. The van der Waals surface area contributed by atoms with Gasteiger partial charge in [-0.15, -0.1) is 0 Å². The summed E-state index contributed by atoms with van der Waals surface area (Å²) in [4.78, 5) is 27.2. The second-order valence-electron chi connectivity index (χ2n) is 6.80. The van der Waals surface area contributed by atoms with E-state index in [2.05, 4.69) is 6.07 Å². The number of para-hydroxylation sites is 1. The number of carbonyl (C=O) groups is 1. The number of hydrogen-bond acceptors (Lipinski definition) is 4. The molecule has 0 amide bonds. The predicted molar refractivity (Wildman–Crippen MR) is 121 cm³/mol. The fourth-order valence-electron chi connectivity index (χ4n) is 3.49. The first kappa shape index (κ1) is 20.1. The summed E-state index contributed by atoms with van der Waals surface area (Å²) in [5, 5.41) is 10.5. The Morgan fingerprint density at radius 1 is 0.903 bits per heavy atom. The number of nitrogen functional groups attached to an aromatic ring is 1. The summed E-state index contributed by atoms with van der Waals surface area (Å²) in [6.45, 7) is 0. The van der Waals surface area contributed by atoms with Gasteiger partial charge in [-0.3, -0.25) is 14.2 Å². The minimum Gasteiger partial charge on any atom is -0.384 e. The van der Waals surface area contributed by atoms with Gasteiger partial charge >= 0.3 is 0 Å². The molecule has 0 aliphatic heterocycles. The van der Waals surface area contributed by atoms with Crippen molar-refractivity contribution < 1.29 is 4.79 Å². The van der Waals surface area contributed by atoms with Crippen molar-refractivity contribution in [3.8, 4) is 22.9 Å². The van der Waals surface area contributed by atoms with Crippen LogP contribution in [0.2, 0.25) is 5.02 Å². The van der Waals surface area contributed by atoms with E-state index in [9.17, 15) is 14.9 Å². The van der Waals surface area contributed by atoms with Gasteiger partial charge in [0.2, 0.25) is 0 Å². The highest BCUT2D eigenvalue weighted by atomic mass is 35.5. The van der Waals surface area contributed by atoms with Crippen molar-refractivity contribution in [3.05, 3.63) is 117 Å². The maximum Gasteiger partial charge on any atom is 0.268 e. The molecule has 0 atom stereocenters. The molecule has 0 saturated heterocycles. The van der Waals surface area contributed by atoms with Crippen molar-refractivity contribution in [2.24, 2.45) is 0 Å². The molecular formula is C25H16ClN3O2. The van der Waals surface area contributed by atoms with Crippen molar-refractivity contribution in [2.45, 2.75) is 0 Å². The van der Waals surface area contributed by atoms with Crippen LogP contribution >= 0.6 is 11.6 Å². The highest BCUT2D eigenvalue weighted by Crippen LogP contribution is 2.32. The van der Waals surface area contributed by atoms with E-state index < -0.39 is 11.3 Å². The van der Waals surface area contributed by atoms with Crippen LogP contribution in [-0.4, -0.2) is 10.4 Å². The third-order valence-electron chi connectivity index (χ3n) is 4.94. The minimum atomic E-state index is -0.596. The number of nitrogens with two attached hydrogens (primary N) is 1. The predicted octanol–water partition coefficient (Wildman–Crippen LogP) is 4.84. The van der Waals surface area contributed by atoms with Gasteiger partial charge in [0.1, 0.15) is 17.5 Å². The van der Waals surface area contributed by atoms with Crippen molar-refractivity contribution in [3.63, 3.8) is 0 Å². The number of nitrogens with zero attached hydrogens (tertiary/aromatic N) is 2. The molecule has 1 aromatic heterocycles. The van der Waals surface area contributed by atoms with Gasteiger partial charge in [-0.1, -0.05) is 72.3 Å². The van der Waals surface area contributed by atoms with Gasteiger partial charge < -0.3 is 5.73 Å². The van der Waals surface area contributed by atoms with Crippen LogP contribution in [0.5, 0.6) is 0 Å². The second kappa shape index (κ2) is 8.31. The van der Waals surface area contributed by atoms with E-state index in [-0.39, 0.29) is 22.5 Å². The summed E-state index contributed by atoms with van der Waals surface area (Å²) in [5.74, 6) is -0.523. The molecule has 4 rings (SSSR count). The van der Waals surface area contributed by atoms with E-state index in [1.165, 1.54) is 4.57 Å². The van der Waals surface area contributed by atoms with Crippen LogP contribution in [0.3, 0.4) is 0 Å². The van der Waals surface area contributed by atoms with Crippen LogP contribution in [0.1, 0.15) is 21.5 Å². The smallest absolute Gasteiger partial charge is 0.268 e. The molecule has 0 aliphatic rings. The van der Waals surface area contributed by atoms with E-state index in [0.717, 1.165) is 0 Å². The fraction of sp³-hybridized carbons (Fsp3) is 0. The van der Waals surface area contributed by atoms with Gasteiger partial charge in [-0.2, -0.15) is 5.26 Å². The van der Waals surface area contributed by atoms with Crippen LogP contribution < -0.4 is 11.3 Å². The van der Waals surface area contributed by atoms with E-state index in [0.29, 0.717) is 21.8 Å². The zero-order valence-electron chi connectivity index (χ0n) is 16.2. The molecule has 3 aromatic carbocycles. The molecule has 0 saturated carbocycles. The summed E-state index contributed by atoms with van der Waals surface area (Å²) >= 11 is 6.02. The van der Waals surface area contributed by atoms with Crippen LogP contribution in [0, 0.1) is 11.3 Å². The Kier molecular flexibility index (Phi) is 5.40. The molecule has 0 aliphatic carbocycles. The molecule has 0 fully saturated rings. The number of aromatic nitrogens is 1. The van der Waals surface area contributed by atoms with E-state index in [1.807, 2.05) is 0 Å². The van der Waals surface area contributed by atoms with Crippen LogP contribution in [0.15, 0.2) is 89.7 Å². The quantitative estimate of drug-likeness (QED) is 0.473. The number of rotatable bonds is 4. The summed E-state index contributed by atoms with van der Waals surface area (Å²) in [7, 11) is 0. The molecule has 4 aromatic rings. The standard InChI is InChI=1S/C25H16ClN3O2/c26-18-13-11-16(12-14-18)21-20(15-27)24(28)29(19-9-5-2-6-10-19)25(31)22(21)23(30)17-7-3-1-4-8-17/h1-14H,28H2. The average molecular weight is 426 g/mol. The lowest BCUT2D eigenvalue weighted by atomic mass is 9.91. The van der Waals surface area contributed by atoms with Crippen molar-refractivity contribution in [1.29, 1.82) is 5.26 Å². The van der Waals surface area contributed by atoms with E-state index in [4.69, 9.17) is 17.3 Å². The molecule has 150 valence electrons. The van der Waals surface area contributed by atoms with Gasteiger partial charge in [0.25, 0.3) is 5.56 Å². The average Bonchev–Trinajstić information content (AvgIpc) is 2.80. The first-order valence-electron chi connectivity index (χ1n) is 9.42. The zero-order chi connectivity index (χ0) is 22.0. The van der Waals surface area contributed by atoms with Crippen LogP contribution in [-0.2, 0) is 0 Å². The maximum absolute atomic E-state index is 13.7. The Hall–Kier alpha value is -4.14. The molecular weight excluding hydrogens is 410 g/mol. The van der Waals surface area contributed by atoms with Gasteiger partial charge in [0.05, 0.1) is 11.3 Å². The lowest BCUT2D eigenvalue weighted by molar-refractivity contribution is 0.103. The number of hydrogen-bond donors (Lipinski definition) is 1. The summed E-state index contributed by atoms with van der Waals surface area (Å²) in [6.07, 6.45) is 0. The number of benzene rings is 3. The topological polar surface area (TPSA) is 88.9 Å². The van der Waals surface area contributed by atoms with Gasteiger partial charge in [-0.05, 0) is 29.8 Å². The van der Waals surface area contributed by atoms with Gasteiger partial charge in [0.15, 0.2) is 5.78 Å². The Bertz CT molecular complexity index is 1370. The summed E-state index contributed by atoms with van der Waals surface area (Å²) < 4.78 is 1.20.